The van der Waals surface area contributed by atoms with Gasteiger partial charge < -0.3 is 74.4 Å². The van der Waals surface area contributed by atoms with Gasteiger partial charge in [0.2, 0.25) is 53.2 Å². The van der Waals surface area contributed by atoms with Crippen LogP contribution in [0.1, 0.15) is 85.6 Å². The molecule has 390 valence electrons. The van der Waals surface area contributed by atoms with Crippen LogP contribution in [0.15, 0.2) is 24.3 Å². The van der Waals surface area contributed by atoms with E-state index in [9.17, 15) is 78.0 Å². The van der Waals surface area contributed by atoms with Gasteiger partial charge in [-0.3, -0.25) is 52.7 Å². The van der Waals surface area contributed by atoms with Crippen LogP contribution >= 0.6 is 12.6 Å². The lowest BCUT2D eigenvalue weighted by Crippen LogP contribution is -2.60. The van der Waals surface area contributed by atoms with Gasteiger partial charge in [-0.1, -0.05) is 39.8 Å². The number of rotatable bonds is 31. The predicted octanol–water partition coefficient (Wildman–Crippen LogP) is -3.50. The molecule has 0 aliphatic rings. The third-order valence-corrected chi connectivity index (χ3v) is 10.6. The molecule has 0 aliphatic carbocycles. The molecule has 0 spiro atoms. The summed E-state index contributed by atoms with van der Waals surface area (Å²) in [4.78, 5) is 153. The molecule has 0 radical (unpaired) electrons. The van der Waals surface area contributed by atoms with E-state index >= 15 is 0 Å². The van der Waals surface area contributed by atoms with Crippen LogP contribution in [0.3, 0.4) is 0 Å². The van der Waals surface area contributed by atoms with E-state index in [2.05, 4.69) is 55.2 Å². The molecule has 26 nitrogen and oxygen atoms in total. The van der Waals surface area contributed by atoms with E-state index in [0.29, 0.717) is 5.56 Å². The molecule has 27 heteroatoms. The highest BCUT2D eigenvalue weighted by Gasteiger charge is 2.35. The van der Waals surface area contributed by atoms with Crippen LogP contribution in [0, 0.1) is 11.8 Å². The number of carbonyl (C=O) groups excluding carboxylic acids is 9. The summed E-state index contributed by atoms with van der Waals surface area (Å²) in [6, 6.07) is -7.58. The molecule has 9 amide bonds. The van der Waals surface area contributed by atoms with Crippen molar-refractivity contribution in [3.63, 3.8) is 0 Å². The summed E-state index contributed by atoms with van der Waals surface area (Å²) in [7, 11) is 0. The molecule has 0 aliphatic heterocycles. The number of carbonyl (C=O) groups is 12. The number of carboxylic acid groups (broad SMARTS) is 3. The largest absolute Gasteiger partial charge is 0.508 e. The van der Waals surface area contributed by atoms with Crippen molar-refractivity contribution in [3.05, 3.63) is 29.8 Å². The minimum atomic E-state index is -1.81. The molecule has 9 atom stereocenters. The van der Waals surface area contributed by atoms with Crippen LogP contribution in [0.5, 0.6) is 5.75 Å². The van der Waals surface area contributed by atoms with Crippen LogP contribution in [0.25, 0.3) is 0 Å². The first-order chi connectivity index (χ1) is 32.6. The number of carboxylic acids is 3. The average Bonchev–Trinajstić information content (AvgIpc) is 3.26. The van der Waals surface area contributed by atoms with Gasteiger partial charge in [-0.05, 0) is 69.1 Å². The summed E-state index contributed by atoms with van der Waals surface area (Å²) in [5.41, 5.74) is 11.8. The van der Waals surface area contributed by atoms with Crippen molar-refractivity contribution in [2.75, 3.05) is 5.75 Å². The molecule has 70 heavy (non-hydrogen) atoms. The highest BCUT2D eigenvalue weighted by Crippen LogP contribution is 2.12. The Morgan fingerprint density at radius 3 is 1.44 bits per heavy atom. The zero-order valence-corrected chi connectivity index (χ0v) is 40.5. The van der Waals surface area contributed by atoms with Crippen molar-refractivity contribution in [2.24, 2.45) is 23.3 Å². The van der Waals surface area contributed by atoms with Gasteiger partial charge in [0.15, 0.2) is 0 Å². The molecular weight excluding hydrogens is 945 g/mol. The molecule has 16 N–H and O–H groups in total. The lowest BCUT2D eigenvalue weighted by Gasteiger charge is -2.28. The molecule has 0 saturated heterocycles. The van der Waals surface area contributed by atoms with Gasteiger partial charge in [-0.25, -0.2) is 4.79 Å². The first-order valence-corrected chi connectivity index (χ1v) is 22.7. The van der Waals surface area contributed by atoms with Crippen molar-refractivity contribution < 1.29 is 78.0 Å². The Morgan fingerprint density at radius 1 is 0.543 bits per heavy atom. The Hall–Kier alpha value is -7.03. The second-order valence-electron chi connectivity index (χ2n) is 17.2. The Balaban J connectivity index is 3.15. The van der Waals surface area contributed by atoms with Gasteiger partial charge in [0, 0.05) is 18.6 Å². The maximum absolute atomic E-state index is 13.7. The summed E-state index contributed by atoms with van der Waals surface area (Å²) < 4.78 is 0. The highest BCUT2D eigenvalue weighted by molar-refractivity contribution is 7.80. The summed E-state index contributed by atoms with van der Waals surface area (Å²) in [5, 5.41) is 56.4. The zero-order valence-electron chi connectivity index (χ0n) is 39.6. The van der Waals surface area contributed by atoms with E-state index in [1.807, 2.05) is 0 Å². The van der Waals surface area contributed by atoms with Crippen molar-refractivity contribution in [3.8, 4) is 5.75 Å². The number of nitrogens with two attached hydrogens (primary N) is 2. The normalized spacial score (nSPS) is 14.9. The lowest BCUT2D eigenvalue weighted by molar-refractivity contribution is -0.143. The van der Waals surface area contributed by atoms with Crippen molar-refractivity contribution in [2.45, 2.75) is 141 Å². The number of phenolic OH excluding ortho intramolecular Hbond substituents is 1. The summed E-state index contributed by atoms with van der Waals surface area (Å²) in [6.07, 6.45) is -3.05. The monoisotopic (exact) mass is 1010 g/mol. The first kappa shape index (κ1) is 61.0. The molecular formula is C43H66N10O16S. The number of hydrogen-bond donors (Lipinski definition) is 15. The van der Waals surface area contributed by atoms with Crippen molar-refractivity contribution in [1.82, 2.24) is 42.5 Å². The molecule has 1 aromatic carbocycles. The Kier molecular flexibility index (Phi) is 25.9. The van der Waals surface area contributed by atoms with Crippen LogP contribution in [0.4, 0.5) is 0 Å². The fraction of sp³-hybridized carbons (Fsp3) is 0.581. The Morgan fingerprint density at radius 2 is 0.986 bits per heavy atom. The van der Waals surface area contributed by atoms with E-state index in [4.69, 9.17) is 11.5 Å². The molecule has 0 heterocycles. The van der Waals surface area contributed by atoms with Gasteiger partial charge in [-0.15, -0.1) is 0 Å². The second-order valence-corrected chi connectivity index (χ2v) is 17.5. The molecule has 0 fully saturated rings. The smallest absolute Gasteiger partial charge is 0.326 e. The lowest BCUT2D eigenvalue weighted by atomic mass is 10.0. The Bertz CT molecular complexity index is 2060. The molecule has 1 aromatic rings. The van der Waals surface area contributed by atoms with Gasteiger partial charge in [-0.2, -0.15) is 12.6 Å². The quantitative estimate of drug-likeness (QED) is 0.0321. The van der Waals surface area contributed by atoms with Gasteiger partial charge in [0.1, 0.15) is 54.1 Å². The van der Waals surface area contributed by atoms with E-state index in [0.717, 1.165) is 0 Å². The average molecular weight is 1010 g/mol. The predicted molar refractivity (Wildman–Crippen MR) is 250 cm³/mol. The van der Waals surface area contributed by atoms with Crippen LogP contribution in [0.2, 0.25) is 0 Å². The van der Waals surface area contributed by atoms with Gasteiger partial charge in [0.05, 0.1) is 12.5 Å². The zero-order chi connectivity index (χ0) is 53.6. The van der Waals surface area contributed by atoms with E-state index < -0.39 is 157 Å². The third-order valence-electron chi connectivity index (χ3n) is 10.2. The van der Waals surface area contributed by atoms with Crippen molar-refractivity contribution in [1.29, 1.82) is 0 Å². The maximum Gasteiger partial charge on any atom is 0.326 e. The highest BCUT2D eigenvalue weighted by atomic mass is 32.1. The van der Waals surface area contributed by atoms with Gasteiger partial charge >= 0.3 is 17.9 Å². The number of aliphatic carboxylic acids is 3. The van der Waals surface area contributed by atoms with E-state index in [1.54, 1.807) is 13.8 Å². The minimum absolute atomic E-state index is 0.0484. The SMILES string of the molecule is CC(C)C[C@H](NC(=O)[C@H](CS)NC(=O)[C@H](C)NC(=O)[C@H](CCC(N)=O)NC(=O)[C@@H](NC(=O)[C@H](C)NC(=O)[C@H](CCC(=O)O)NC(=O)[C@H](CC(=O)O)NC(=O)[C@@H](N)Cc1ccc(O)cc1)C(C)C)C(=O)O. The number of nitrogens with one attached hydrogen (secondary N) is 8. The fourth-order valence-corrected chi connectivity index (χ4v) is 6.55. The van der Waals surface area contributed by atoms with Crippen LogP contribution in [-0.2, 0) is 64.0 Å². The molecule has 1 rings (SSSR count). The number of aromatic hydroxyl groups is 1. The van der Waals surface area contributed by atoms with E-state index in [1.165, 1.54) is 52.0 Å². The second kappa shape index (κ2) is 29.8. The molecule has 0 saturated carbocycles. The minimum Gasteiger partial charge on any atom is -0.508 e. The Labute approximate surface area is 408 Å². The van der Waals surface area contributed by atoms with Crippen LogP contribution in [-0.4, -0.2) is 152 Å². The fourth-order valence-electron chi connectivity index (χ4n) is 6.30. The topological polar surface area (TPSA) is 434 Å². The number of phenols is 1. The number of hydrogen-bond acceptors (Lipinski definition) is 15. The number of primary amides is 1. The van der Waals surface area contributed by atoms with E-state index in [-0.39, 0.29) is 36.7 Å². The molecule has 0 unspecified atom stereocenters. The molecule has 0 bridgehead atoms. The number of amides is 9. The molecule has 0 aromatic heterocycles. The summed E-state index contributed by atoms with van der Waals surface area (Å²) in [5.74, 6) is -14.2. The standard InChI is InChI=1S/C43H66N10O16S/c1-19(2)15-29(43(68)69)51-41(66)30(18-70)52-35(60)21(5)46-38(63)26(11-13-31(45)55)49-42(67)34(20(3)4)53-36(61)22(6)47-39(64)27(12-14-32(56)57)48-40(65)28(17-33(58)59)50-37(62)25(44)16-23-7-9-24(54)10-8-23/h7-10,19-22,25-30,34,54,70H,11-18,44H2,1-6H3,(H2,45,55)(H,46,63)(H,47,64)(H,48,65)(H,49,67)(H,50,62)(H,51,66)(H,52,60)(H,53,61)(H,56,57)(H,58,59)(H,68,69)/t21-,22-,25-,26-,27-,28-,29-,30-,34-/m0/s1. The summed E-state index contributed by atoms with van der Waals surface area (Å²) >= 11 is 4.07. The van der Waals surface area contributed by atoms with Crippen LogP contribution < -0.4 is 54.0 Å². The number of benzene rings is 1. The number of thiol groups is 1. The van der Waals surface area contributed by atoms with Gasteiger partial charge in [0.25, 0.3) is 0 Å². The maximum atomic E-state index is 13.7. The first-order valence-electron chi connectivity index (χ1n) is 22.1. The summed E-state index contributed by atoms with van der Waals surface area (Å²) in [6.45, 7) is 8.94. The third kappa shape index (κ3) is 22.4. The van der Waals surface area contributed by atoms with Crippen molar-refractivity contribution >= 4 is 83.7 Å².